The van der Waals surface area contributed by atoms with E-state index in [1.165, 1.54) is 12.8 Å². The number of hydrogen-bond donors (Lipinski definition) is 0. The van der Waals surface area contributed by atoms with Gasteiger partial charge in [0.05, 0.1) is 23.9 Å². The quantitative estimate of drug-likeness (QED) is 0.336. The number of fused-ring (bicyclic) bond motifs is 3. The molecule has 3 saturated heterocycles. The van der Waals surface area contributed by atoms with Crippen LogP contribution in [-0.4, -0.2) is 82.9 Å². The van der Waals surface area contributed by atoms with Crippen LogP contribution in [0.5, 0.6) is 6.01 Å². The van der Waals surface area contributed by atoms with Crippen molar-refractivity contribution in [2.45, 2.75) is 76.7 Å². The maximum absolute atomic E-state index is 12.7. The summed E-state index contributed by atoms with van der Waals surface area (Å²) in [7, 11) is 0. The van der Waals surface area contributed by atoms with Crippen molar-refractivity contribution < 1.29 is 19.0 Å². The average molecular weight is 620 g/mol. The van der Waals surface area contributed by atoms with E-state index in [-0.39, 0.29) is 17.7 Å². The third-order valence-electron chi connectivity index (χ3n) is 9.60. The minimum absolute atomic E-state index is 0.101. The Morgan fingerprint density at radius 1 is 1.02 bits per heavy atom. The van der Waals surface area contributed by atoms with Gasteiger partial charge in [-0.3, -0.25) is 4.90 Å². The normalized spacial score (nSPS) is 21.8. The van der Waals surface area contributed by atoms with Gasteiger partial charge in [0.1, 0.15) is 18.0 Å². The standard InChI is InChI=1S/C34H42ClN5O4/c1-33(2,3)44-32(41)39-18-16-38(17-19-39)30-25-21-42-28(24-10-4-8-23-9-5-11-26(35)29(23)24)20-27(25)36-31(37-30)43-22-34-12-6-14-40(34)15-7-13-34/h4-5,8-11,28H,6-7,12-22H2,1-3H3. The summed E-state index contributed by atoms with van der Waals surface area (Å²) in [5, 5.41) is 2.84. The average Bonchev–Trinajstić information content (AvgIpc) is 3.59. The largest absolute Gasteiger partial charge is 0.461 e. The lowest BCUT2D eigenvalue weighted by molar-refractivity contribution is 0.0229. The van der Waals surface area contributed by atoms with E-state index in [9.17, 15) is 4.79 Å². The number of carbonyl (C=O) groups excluding carboxylic acids is 1. The number of halogens is 1. The summed E-state index contributed by atoms with van der Waals surface area (Å²) < 4.78 is 18.7. The molecule has 4 aliphatic rings. The Balaban J connectivity index is 1.17. The lowest BCUT2D eigenvalue weighted by Crippen LogP contribution is -2.50. The predicted octanol–water partition coefficient (Wildman–Crippen LogP) is 6.16. The molecule has 44 heavy (non-hydrogen) atoms. The molecule has 0 aliphatic carbocycles. The van der Waals surface area contributed by atoms with Gasteiger partial charge < -0.3 is 24.0 Å². The fourth-order valence-corrected chi connectivity index (χ4v) is 7.73. The van der Waals surface area contributed by atoms with E-state index in [4.69, 9.17) is 35.8 Å². The molecule has 0 saturated carbocycles. The number of carbonyl (C=O) groups is 1. The van der Waals surface area contributed by atoms with Crippen LogP contribution in [0.15, 0.2) is 36.4 Å². The van der Waals surface area contributed by atoms with Crippen LogP contribution in [0.2, 0.25) is 5.02 Å². The second kappa shape index (κ2) is 11.7. The van der Waals surface area contributed by atoms with Crippen molar-refractivity contribution in [3.05, 3.63) is 58.2 Å². The SMILES string of the molecule is CC(C)(C)OC(=O)N1CCN(c2nc(OCC34CCCN3CCC4)nc3c2COC(c2cccc4cccc(Cl)c24)C3)CC1. The number of ether oxygens (including phenoxy) is 3. The number of rotatable bonds is 5. The summed E-state index contributed by atoms with van der Waals surface area (Å²) in [4.78, 5) is 29.4. The first-order chi connectivity index (χ1) is 21.2. The number of aromatic nitrogens is 2. The minimum atomic E-state index is -0.526. The van der Waals surface area contributed by atoms with Gasteiger partial charge in [-0.15, -0.1) is 0 Å². The summed E-state index contributed by atoms with van der Waals surface area (Å²) in [5.41, 5.74) is 2.59. The highest BCUT2D eigenvalue weighted by atomic mass is 35.5. The molecule has 1 amide bonds. The molecule has 5 heterocycles. The molecule has 0 spiro atoms. The van der Waals surface area contributed by atoms with Crippen LogP contribution in [0.3, 0.4) is 0 Å². The van der Waals surface area contributed by atoms with E-state index in [1.54, 1.807) is 4.90 Å². The first-order valence-electron chi connectivity index (χ1n) is 16.0. The lowest BCUT2D eigenvalue weighted by atomic mass is 9.94. The summed E-state index contributed by atoms with van der Waals surface area (Å²) in [6, 6.07) is 12.7. The number of amides is 1. The van der Waals surface area contributed by atoms with Crippen molar-refractivity contribution in [1.82, 2.24) is 19.8 Å². The first-order valence-corrected chi connectivity index (χ1v) is 16.4. The number of hydrogen-bond acceptors (Lipinski definition) is 8. The predicted molar refractivity (Wildman–Crippen MR) is 171 cm³/mol. The Morgan fingerprint density at radius 3 is 2.48 bits per heavy atom. The van der Waals surface area contributed by atoms with Gasteiger partial charge in [0, 0.05) is 48.6 Å². The fourth-order valence-electron chi connectivity index (χ4n) is 7.43. The molecular weight excluding hydrogens is 578 g/mol. The molecular formula is C34H42ClN5O4. The summed E-state index contributed by atoms with van der Waals surface area (Å²) in [6.45, 7) is 11.4. The zero-order valence-electron chi connectivity index (χ0n) is 26.0. The third kappa shape index (κ3) is 5.70. The molecule has 1 atom stereocenters. The van der Waals surface area contributed by atoms with E-state index < -0.39 is 5.60 Å². The monoisotopic (exact) mass is 619 g/mol. The van der Waals surface area contributed by atoms with Gasteiger partial charge in [0.2, 0.25) is 0 Å². The molecule has 0 N–H and O–H groups in total. The van der Waals surface area contributed by atoms with Crippen molar-refractivity contribution in [2.24, 2.45) is 0 Å². The van der Waals surface area contributed by atoms with E-state index in [0.717, 1.165) is 64.4 Å². The summed E-state index contributed by atoms with van der Waals surface area (Å²) >= 11 is 6.70. The second-order valence-corrected chi connectivity index (χ2v) is 14.0. The van der Waals surface area contributed by atoms with Crippen molar-refractivity contribution in [2.75, 3.05) is 50.8 Å². The Labute approximate surface area is 264 Å². The molecule has 9 nitrogen and oxygen atoms in total. The Bertz CT molecular complexity index is 1540. The molecule has 7 rings (SSSR count). The molecule has 2 aromatic carbocycles. The third-order valence-corrected chi connectivity index (χ3v) is 9.92. The minimum Gasteiger partial charge on any atom is -0.461 e. The van der Waals surface area contributed by atoms with E-state index in [1.807, 2.05) is 32.9 Å². The van der Waals surface area contributed by atoms with Crippen molar-refractivity contribution >= 4 is 34.3 Å². The van der Waals surface area contributed by atoms with Crippen LogP contribution in [0, 0.1) is 0 Å². The zero-order valence-corrected chi connectivity index (χ0v) is 26.7. The van der Waals surface area contributed by atoms with Gasteiger partial charge in [-0.1, -0.05) is 41.9 Å². The highest BCUT2D eigenvalue weighted by molar-refractivity contribution is 6.35. The maximum atomic E-state index is 12.7. The van der Waals surface area contributed by atoms with Gasteiger partial charge >= 0.3 is 12.1 Å². The number of piperazine rings is 1. The summed E-state index contributed by atoms with van der Waals surface area (Å²) in [5.74, 6) is 0.843. The van der Waals surface area contributed by atoms with Crippen LogP contribution in [0.1, 0.15) is 69.4 Å². The van der Waals surface area contributed by atoms with E-state index >= 15 is 0 Å². The second-order valence-electron chi connectivity index (χ2n) is 13.6. The van der Waals surface area contributed by atoms with E-state index in [0.29, 0.717) is 51.8 Å². The Kier molecular flexibility index (Phi) is 7.83. The molecule has 4 aliphatic heterocycles. The molecule has 1 unspecified atom stereocenters. The molecule has 3 aromatic rings. The van der Waals surface area contributed by atoms with E-state index in [2.05, 4.69) is 34.1 Å². The highest BCUT2D eigenvalue weighted by Gasteiger charge is 2.45. The topological polar surface area (TPSA) is 80.3 Å². The van der Waals surface area contributed by atoms with Crippen LogP contribution >= 0.6 is 11.6 Å². The number of benzene rings is 2. The van der Waals surface area contributed by atoms with Crippen LogP contribution < -0.4 is 9.64 Å². The van der Waals surface area contributed by atoms with Crippen LogP contribution in [-0.2, 0) is 22.5 Å². The van der Waals surface area contributed by atoms with Crippen molar-refractivity contribution in [3.63, 3.8) is 0 Å². The maximum Gasteiger partial charge on any atom is 0.410 e. The number of nitrogens with zero attached hydrogens (tertiary/aromatic N) is 5. The van der Waals surface area contributed by atoms with Gasteiger partial charge in [-0.25, -0.2) is 4.79 Å². The Hall–Kier alpha value is -3.14. The molecule has 3 fully saturated rings. The smallest absolute Gasteiger partial charge is 0.410 e. The number of anilines is 1. The molecule has 0 bridgehead atoms. The van der Waals surface area contributed by atoms with Crippen LogP contribution in [0.4, 0.5) is 10.6 Å². The van der Waals surface area contributed by atoms with Gasteiger partial charge in [0.15, 0.2) is 0 Å². The van der Waals surface area contributed by atoms with Crippen molar-refractivity contribution in [3.8, 4) is 6.01 Å². The highest BCUT2D eigenvalue weighted by Crippen LogP contribution is 2.41. The lowest BCUT2D eigenvalue weighted by Gasteiger charge is -2.38. The molecule has 0 radical (unpaired) electrons. The fraction of sp³-hybridized carbons (Fsp3) is 0.559. The van der Waals surface area contributed by atoms with Gasteiger partial charge in [0.25, 0.3) is 0 Å². The Morgan fingerprint density at radius 2 is 1.75 bits per heavy atom. The molecule has 1 aromatic heterocycles. The summed E-state index contributed by atoms with van der Waals surface area (Å²) in [6.07, 6.45) is 4.89. The van der Waals surface area contributed by atoms with Gasteiger partial charge in [-0.05, 0) is 76.6 Å². The first kappa shape index (κ1) is 29.6. The van der Waals surface area contributed by atoms with Crippen LogP contribution in [0.25, 0.3) is 10.8 Å². The van der Waals surface area contributed by atoms with Gasteiger partial charge in [-0.2, -0.15) is 9.97 Å². The molecule has 10 heteroatoms. The zero-order chi connectivity index (χ0) is 30.5. The van der Waals surface area contributed by atoms with Crippen molar-refractivity contribution in [1.29, 1.82) is 0 Å². The molecule has 234 valence electrons.